The number of aromatic nitrogens is 4. The minimum atomic E-state index is 0.0436. The van der Waals surface area contributed by atoms with Gasteiger partial charge in [0.25, 0.3) is 5.91 Å². The van der Waals surface area contributed by atoms with Crippen LogP contribution in [0.4, 0.5) is 5.95 Å². The molecule has 0 aliphatic carbocycles. The van der Waals surface area contributed by atoms with Gasteiger partial charge >= 0.3 is 0 Å². The number of hydrogen-bond donors (Lipinski definition) is 0. The van der Waals surface area contributed by atoms with Gasteiger partial charge in [0.2, 0.25) is 5.95 Å². The molecule has 0 spiro atoms. The first kappa shape index (κ1) is 23.2. The Hall–Kier alpha value is -4.17. The fourth-order valence-electron chi connectivity index (χ4n) is 4.80. The standard InChI is InChI=1S/C28H25ClN6O2/c1-18-7-9-19(10-8-18)27(36)33-13-15-34(16-14-33)28-30-23-17-20(29)11-12-21(23)25-31-32-26(35(25)28)22-5-3-4-6-24(22)37-2/h3-12,17H,13-16H2,1-2H3. The first-order chi connectivity index (χ1) is 18.0. The summed E-state index contributed by atoms with van der Waals surface area (Å²) in [6.07, 6.45) is 0. The normalized spacial score (nSPS) is 13.9. The van der Waals surface area contributed by atoms with Gasteiger partial charge in [-0.1, -0.05) is 41.4 Å². The molecule has 37 heavy (non-hydrogen) atoms. The Labute approximate surface area is 219 Å². The minimum Gasteiger partial charge on any atom is -0.496 e. The maximum atomic E-state index is 13.1. The summed E-state index contributed by atoms with van der Waals surface area (Å²) in [5, 5.41) is 10.6. The van der Waals surface area contributed by atoms with Crippen LogP contribution in [0.3, 0.4) is 0 Å². The van der Waals surface area contributed by atoms with Crippen LogP contribution >= 0.6 is 11.6 Å². The van der Waals surface area contributed by atoms with E-state index in [0.717, 1.165) is 22.0 Å². The fourth-order valence-corrected chi connectivity index (χ4v) is 4.96. The van der Waals surface area contributed by atoms with E-state index in [0.29, 0.717) is 59.9 Å². The van der Waals surface area contributed by atoms with Crippen LogP contribution in [0.5, 0.6) is 5.75 Å². The second-order valence-electron chi connectivity index (χ2n) is 9.10. The first-order valence-corrected chi connectivity index (χ1v) is 12.5. The Balaban J connectivity index is 1.41. The number of ether oxygens (including phenoxy) is 1. The average molecular weight is 513 g/mol. The van der Waals surface area contributed by atoms with Crippen molar-refractivity contribution in [3.8, 4) is 17.1 Å². The summed E-state index contributed by atoms with van der Waals surface area (Å²) in [4.78, 5) is 22.2. The Morgan fingerprint density at radius 3 is 2.46 bits per heavy atom. The molecule has 2 aromatic heterocycles. The molecule has 3 aromatic carbocycles. The number of rotatable bonds is 4. The van der Waals surface area contributed by atoms with Crippen molar-refractivity contribution in [3.63, 3.8) is 0 Å². The van der Waals surface area contributed by atoms with Gasteiger partial charge in [-0.25, -0.2) is 9.38 Å². The molecule has 1 saturated heterocycles. The lowest BCUT2D eigenvalue weighted by Gasteiger charge is -2.35. The van der Waals surface area contributed by atoms with E-state index in [-0.39, 0.29) is 5.91 Å². The molecular formula is C28H25ClN6O2. The highest BCUT2D eigenvalue weighted by Crippen LogP contribution is 2.34. The number of piperazine rings is 1. The molecule has 0 radical (unpaired) electrons. The summed E-state index contributed by atoms with van der Waals surface area (Å²) in [6, 6.07) is 21.0. The van der Waals surface area contributed by atoms with Crippen LogP contribution in [0, 0.1) is 6.92 Å². The van der Waals surface area contributed by atoms with Crippen molar-refractivity contribution in [1.29, 1.82) is 0 Å². The number of carbonyl (C=O) groups excluding carboxylic acids is 1. The molecule has 9 heteroatoms. The van der Waals surface area contributed by atoms with Gasteiger partial charge in [-0.05, 0) is 49.4 Å². The van der Waals surface area contributed by atoms with Crippen molar-refractivity contribution in [2.45, 2.75) is 6.92 Å². The lowest BCUT2D eigenvalue weighted by molar-refractivity contribution is 0.0746. The maximum Gasteiger partial charge on any atom is 0.253 e. The molecule has 0 bridgehead atoms. The summed E-state index contributed by atoms with van der Waals surface area (Å²) in [5.74, 6) is 2.09. The number of methoxy groups -OCH3 is 1. The van der Waals surface area contributed by atoms with Crippen LogP contribution in [0.1, 0.15) is 15.9 Å². The monoisotopic (exact) mass is 512 g/mol. The molecule has 186 valence electrons. The van der Waals surface area contributed by atoms with E-state index in [2.05, 4.69) is 15.1 Å². The zero-order chi connectivity index (χ0) is 25.5. The van der Waals surface area contributed by atoms with Crippen molar-refractivity contribution in [2.75, 3.05) is 38.2 Å². The van der Waals surface area contributed by atoms with Crippen LogP contribution in [-0.2, 0) is 0 Å². The van der Waals surface area contributed by atoms with Gasteiger partial charge < -0.3 is 14.5 Å². The number of para-hydroxylation sites is 1. The Kier molecular flexibility index (Phi) is 5.88. The second-order valence-corrected chi connectivity index (χ2v) is 9.54. The third-order valence-corrected chi connectivity index (χ3v) is 7.02. The first-order valence-electron chi connectivity index (χ1n) is 12.1. The number of benzene rings is 3. The Morgan fingerprint density at radius 2 is 1.70 bits per heavy atom. The zero-order valence-corrected chi connectivity index (χ0v) is 21.3. The molecule has 0 unspecified atom stereocenters. The summed E-state index contributed by atoms with van der Waals surface area (Å²) >= 11 is 6.31. The SMILES string of the molecule is COc1ccccc1-c1nnc2c3ccc(Cl)cc3nc(N3CCN(C(=O)c4ccc(C)cc4)CC3)n12. The largest absolute Gasteiger partial charge is 0.496 e. The quantitative estimate of drug-likeness (QED) is 0.342. The number of halogens is 1. The van der Waals surface area contributed by atoms with Crippen LogP contribution in [0.25, 0.3) is 27.9 Å². The van der Waals surface area contributed by atoms with E-state index in [1.165, 1.54) is 0 Å². The van der Waals surface area contributed by atoms with Gasteiger partial charge in [-0.2, -0.15) is 0 Å². The van der Waals surface area contributed by atoms with Gasteiger partial charge in [-0.3, -0.25) is 4.79 Å². The van der Waals surface area contributed by atoms with Crippen LogP contribution in [0.15, 0.2) is 66.7 Å². The van der Waals surface area contributed by atoms with Crippen LogP contribution in [-0.4, -0.2) is 63.7 Å². The Bertz CT molecular complexity index is 1620. The molecule has 3 heterocycles. The minimum absolute atomic E-state index is 0.0436. The highest BCUT2D eigenvalue weighted by atomic mass is 35.5. The van der Waals surface area contributed by atoms with E-state index in [1.807, 2.05) is 83.0 Å². The van der Waals surface area contributed by atoms with E-state index >= 15 is 0 Å². The number of aryl methyl sites for hydroxylation is 1. The number of fused-ring (bicyclic) bond motifs is 3. The van der Waals surface area contributed by atoms with Gasteiger partial charge in [0.15, 0.2) is 11.5 Å². The van der Waals surface area contributed by atoms with Gasteiger partial charge in [0.1, 0.15) is 5.75 Å². The third-order valence-electron chi connectivity index (χ3n) is 6.78. The van der Waals surface area contributed by atoms with E-state index in [1.54, 1.807) is 7.11 Å². The number of carbonyl (C=O) groups is 1. The summed E-state index contributed by atoms with van der Waals surface area (Å²) < 4.78 is 7.60. The predicted octanol–water partition coefficient (Wildman–Crippen LogP) is 4.88. The molecule has 1 amide bonds. The molecule has 8 nitrogen and oxygen atoms in total. The molecule has 1 aliphatic heterocycles. The smallest absolute Gasteiger partial charge is 0.253 e. The van der Waals surface area contributed by atoms with Gasteiger partial charge in [0, 0.05) is 42.2 Å². The van der Waals surface area contributed by atoms with E-state index < -0.39 is 0 Å². The van der Waals surface area contributed by atoms with E-state index in [4.69, 9.17) is 21.3 Å². The molecule has 5 aromatic rings. The molecule has 6 rings (SSSR count). The number of nitrogens with zero attached hydrogens (tertiary/aromatic N) is 6. The third kappa shape index (κ3) is 4.13. The number of hydrogen-bond acceptors (Lipinski definition) is 6. The molecule has 1 aliphatic rings. The van der Waals surface area contributed by atoms with Crippen molar-refractivity contribution in [1.82, 2.24) is 24.5 Å². The average Bonchev–Trinajstić information content (AvgIpc) is 3.38. The summed E-state index contributed by atoms with van der Waals surface area (Å²) in [6.45, 7) is 4.41. The van der Waals surface area contributed by atoms with Crippen molar-refractivity contribution >= 4 is 40.0 Å². The van der Waals surface area contributed by atoms with Crippen LogP contribution in [0.2, 0.25) is 5.02 Å². The number of anilines is 1. The molecule has 0 N–H and O–H groups in total. The second kappa shape index (κ2) is 9.37. The maximum absolute atomic E-state index is 13.1. The topological polar surface area (TPSA) is 75.9 Å². The lowest BCUT2D eigenvalue weighted by Crippen LogP contribution is -2.49. The fraction of sp³-hybridized carbons (Fsp3) is 0.214. The molecular weight excluding hydrogens is 488 g/mol. The summed E-state index contributed by atoms with van der Waals surface area (Å²) in [5.41, 5.74) is 4.09. The van der Waals surface area contributed by atoms with Crippen LogP contribution < -0.4 is 9.64 Å². The zero-order valence-electron chi connectivity index (χ0n) is 20.6. The highest BCUT2D eigenvalue weighted by Gasteiger charge is 2.27. The number of amides is 1. The molecule has 1 fully saturated rings. The summed E-state index contributed by atoms with van der Waals surface area (Å²) in [7, 11) is 1.64. The van der Waals surface area contributed by atoms with Crippen molar-refractivity contribution in [2.24, 2.45) is 0 Å². The lowest BCUT2D eigenvalue weighted by atomic mass is 10.1. The predicted molar refractivity (Wildman–Crippen MR) is 145 cm³/mol. The molecule has 0 saturated carbocycles. The highest BCUT2D eigenvalue weighted by molar-refractivity contribution is 6.31. The van der Waals surface area contributed by atoms with Crippen molar-refractivity contribution < 1.29 is 9.53 Å². The Morgan fingerprint density at radius 1 is 0.946 bits per heavy atom. The van der Waals surface area contributed by atoms with Gasteiger partial charge in [-0.15, -0.1) is 10.2 Å². The van der Waals surface area contributed by atoms with Gasteiger partial charge in [0.05, 0.1) is 18.2 Å². The van der Waals surface area contributed by atoms with Crippen molar-refractivity contribution in [3.05, 3.63) is 82.9 Å². The van der Waals surface area contributed by atoms with E-state index in [9.17, 15) is 4.79 Å². The molecule has 0 atom stereocenters.